The summed E-state index contributed by atoms with van der Waals surface area (Å²) < 4.78 is 49.8. The minimum atomic E-state index is -0.888. The van der Waals surface area contributed by atoms with Crippen molar-refractivity contribution in [3.63, 3.8) is 0 Å². The zero-order chi connectivity index (χ0) is 24.1. The molecule has 0 spiro atoms. The highest BCUT2D eigenvalue weighted by molar-refractivity contribution is 5.87. The number of hydrogen-bond donors (Lipinski definition) is 0. The largest absolute Gasteiger partial charge is 0.333 e. The average Bonchev–Trinajstić information content (AvgIpc) is 3.46. The molecule has 0 N–H and O–H groups in total. The third-order valence-electron chi connectivity index (χ3n) is 5.74. The highest BCUT2D eigenvalue weighted by atomic mass is 19.1. The average molecular weight is 464 g/mol. The minimum absolute atomic E-state index is 0.0595. The van der Waals surface area contributed by atoms with E-state index in [9.17, 15) is 23.2 Å². The number of nitriles is 1. The maximum atomic E-state index is 14.4. The van der Waals surface area contributed by atoms with E-state index in [-0.39, 0.29) is 45.6 Å². The summed E-state index contributed by atoms with van der Waals surface area (Å²) in [5.41, 5.74) is -0.211. The lowest BCUT2D eigenvalue weighted by molar-refractivity contribution is 0.429. The Morgan fingerprint density at radius 3 is 2.65 bits per heavy atom. The van der Waals surface area contributed by atoms with Gasteiger partial charge in [-0.3, -0.25) is 9.20 Å². The van der Waals surface area contributed by atoms with Crippen molar-refractivity contribution in [2.24, 2.45) is 0 Å². The Kier molecular flexibility index (Phi) is 4.93. The summed E-state index contributed by atoms with van der Waals surface area (Å²) in [5, 5.41) is 13.4. The van der Waals surface area contributed by atoms with Crippen LogP contribution in [0, 0.1) is 28.8 Å². The van der Waals surface area contributed by atoms with E-state index in [1.165, 1.54) is 21.4 Å². The van der Waals surface area contributed by atoms with Crippen LogP contribution in [0.1, 0.15) is 31.9 Å². The molecule has 11 heteroatoms. The zero-order valence-corrected chi connectivity index (χ0v) is 17.9. The van der Waals surface area contributed by atoms with Crippen LogP contribution < -0.4 is 5.56 Å². The van der Waals surface area contributed by atoms with Crippen LogP contribution in [0.15, 0.2) is 46.0 Å². The van der Waals surface area contributed by atoms with Crippen LogP contribution in [-0.4, -0.2) is 24.1 Å². The molecule has 0 amide bonds. The predicted molar refractivity (Wildman–Crippen MR) is 115 cm³/mol. The smallest absolute Gasteiger partial charge is 0.278 e. The number of fused-ring (bicyclic) bond motifs is 3. The van der Waals surface area contributed by atoms with Crippen molar-refractivity contribution in [3.05, 3.63) is 70.0 Å². The van der Waals surface area contributed by atoms with Crippen LogP contribution >= 0.6 is 0 Å². The number of hydrogen-bond acceptors (Lipinski definition) is 6. The molecule has 3 aromatic heterocycles. The number of nitrogens with zero attached hydrogens (tertiary/aromatic N) is 6. The quantitative estimate of drug-likeness (QED) is 0.384. The van der Waals surface area contributed by atoms with Gasteiger partial charge in [0.25, 0.3) is 11.4 Å². The normalized spacial score (nSPS) is 12.4. The molecule has 5 rings (SSSR count). The van der Waals surface area contributed by atoms with Gasteiger partial charge >= 0.3 is 0 Å². The molecule has 170 valence electrons. The van der Waals surface area contributed by atoms with Gasteiger partial charge in [-0.1, -0.05) is 12.1 Å². The van der Waals surface area contributed by atoms with Gasteiger partial charge in [0.1, 0.15) is 46.6 Å². The molecular formula is C23H15F3N6O2. The summed E-state index contributed by atoms with van der Waals surface area (Å²) in [6.45, 7) is 3.64. The summed E-state index contributed by atoms with van der Waals surface area (Å²) in [4.78, 5) is 22.0. The second-order valence-corrected chi connectivity index (χ2v) is 7.69. The van der Waals surface area contributed by atoms with E-state index in [0.29, 0.717) is 18.0 Å². The van der Waals surface area contributed by atoms with Crippen molar-refractivity contribution in [1.29, 1.82) is 5.26 Å². The zero-order valence-electron chi connectivity index (χ0n) is 17.9. The van der Waals surface area contributed by atoms with Gasteiger partial charge in [0.2, 0.25) is 5.82 Å². The van der Waals surface area contributed by atoms with Crippen LogP contribution in [0.2, 0.25) is 0 Å². The summed E-state index contributed by atoms with van der Waals surface area (Å²) in [6, 6.07) is 6.99. The summed E-state index contributed by atoms with van der Waals surface area (Å²) in [5.74, 6) is -2.69. The van der Waals surface area contributed by atoms with Crippen molar-refractivity contribution in [2.45, 2.75) is 26.3 Å². The van der Waals surface area contributed by atoms with Crippen molar-refractivity contribution < 1.29 is 17.7 Å². The fraction of sp³-hybridized carbons (Fsp3) is 0.174. The fourth-order valence-corrected chi connectivity index (χ4v) is 3.91. The molecule has 34 heavy (non-hydrogen) atoms. The molecule has 0 saturated carbocycles. The third kappa shape index (κ3) is 3.07. The van der Waals surface area contributed by atoms with Crippen molar-refractivity contribution in [3.8, 4) is 29.0 Å². The Bertz CT molecular complexity index is 1700. The number of imidazole rings is 1. The second-order valence-electron chi connectivity index (χ2n) is 7.69. The topological polar surface area (TPSA) is 102 Å². The van der Waals surface area contributed by atoms with Gasteiger partial charge in [-0.2, -0.15) is 10.2 Å². The molecule has 0 radical (unpaired) electrons. The van der Waals surface area contributed by atoms with Gasteiger partial charge in [-0.25, -0.2) is 18.2 Å². The Balaban J connectivity index is 1.80. The molecule has 0 aliphatic rings. The molecule has 3 heterocycles. The molecule has 1 unspecified atom stereocenters. The molecule has 2 aromatic carbocycles. The lowest BCUT2D eigenvalue weighted by Crippen LogP contribution is -2.26. The first-order chi connectivity index (χ1) is 16.3. The van der Waals surface area contributed by atoms with Gasteiger partial charge in [-0.05, 0) is 37.6 Å². The summed E-state index contributed by atoms with van der Waals surface area (Å²) in [6.07, 6.45) is 1.87. The minimum Gasteiger partial charge on any atom is -0.333 e. The highest BCUT2D eigenvalue weighted by Crippen LogP contribution is 2.29. The number of aromatic nitrogens is 5. The third-order valence-corrected chi connectivity index (χ3v) is 5.74. The molecule has 0 saturated heterocycles. The van der Waals surface area contributed by atoms with Crippen molar-refractivity contribution in [1.82, 2.24) is 24.1 Å². The molecular weight excluding hydrogens is 449 g/mol. The first kappa shape index (κ1) is 21.4. The summed E-state index contributed by atoms with van der Waals surface area (Å²) in [7, 11) is 0. The number of halogens is 3. The van der Waals surface area contributed by atoms with Crippen LogP contribution in [0.3, 0.4) is 0 Å². The van der Waals surface area contributed by atoms with Gasteiger partial charge < -0.3 is 9.09 Å². The molecule has 0 aliphatic carbocycles. The van der Waals surface area contributed by atoms with Crippen LogP contribution in [-0.2, 0) is 0 Å². The van der Waals surface area contributed by atoms with Gasteiger partial charge in [0.05, 0.1) is 16.6 Å². The van der Waals surface area contributed by atoms with E-state index in [0.717, 1.165) is 18.2 Å². The Morgan fingerprint density at radius 1 is 1.15 bits per heavy atom. The Morgan fingerprint density at radius 2 is 1.94 bits per heavy atom. The van der Waals surface area contributed by atoms with E-state index in [1.54, 1.807) is 6.92 Å². The lowest BCUT2D eigenvalue weighted by Gasteiger charge is -2.18. The Hall–Kier alpha value is -4.46. The monoisotopic (exact) mass is 464 g/mol. The first-order valence-corrected chi connectivity index (χ1v) is 10.3. The van der Waals surface area contributed by atoms with E-state index in [4.69, 9.17) is 4.52 Å². The van der Waals surface area contributed by atoms with Crippen LogP contribution in [0.4, 0.5) is 13.2 Å². The highest BCUT2D eigenvalue weighted by Gasteiger charge is 2.25. The first-order valence-electron chi connectivity index (χ1n) is 10.3. The Labute approximate surface area is 189 Å². The van der Waals surface area contributed by atoms with Crippen molar-refractivity contribution >= 4 is 16.6 Å². The summed E-state index contributed by atoms with van der Waals surface area (Å²) >= 11 is 0. The van der Waals surface area contributed by atoms with Gasteiger partial charge in [0, 0.05) is 12.1 Å². The molecule has 0 aliphatic heterocycles. The fourth-order valence-electron chi connectivity index (χ4n) is 3.91. The number of rotatable bonds is 4. The molecule has 5 aromatic rings. The van der Waals surface area contributed by atoms with E-state index >= 15 is 0 Å². The molecule has 8 nitrogen and oxygen atoms in total. The van der Waals surface area contributed by atoms with Crippen molar-refractivity contribution in [2.75, 3.05) is 0 Å². The van der Waals surface area contributed by atoms with E-state index < -0.39 is 23.0 Å². The number of benzene rings is 2. The lowest BCUT2D eigenvalue weighted by atomic mass is 10.1. The van der Waals surface area contributed by atoms with Gasteiger partial charge in [-0.15, -0.1) is 0 Å². The second kappa shape index (κ2) is 7.84. The SMILES string of the molecule is CCC(C)n1c(=O)c2c(-c3noc(-c4ccc(F)cc4F)n3)ncn2c2ccc(F)c(C#N)c21. The van der Waals surface area contributed by atoms with E-state index in [2.05, 4.69) is 15.1 Å². The van der Waals surface area contributed by atoms with Gasteiger partial charge in [0.15, 0.2) is 0 Å². The van der Waals surface area contributed by atoms with Crippen LogP contribution in [0.25, 0.3) is 39.5 Å². The molecule has 0 bridgehead atoms. The predicted octanol–water partition coefficient (Wildman–Crippen LogP) is 4.63. The molecule has 1 atom stereocenters. The van der Waals surface area contributed by atoms with E-state index in [1.807, 2.05) is 13.0 Å². The molecule has 0 fully saturated rings. The maximum Gasteiger partial charge on any atom is 0.278 e. The maximum absolute atomic E-state index is 14.4. The standard InChI is InChI=1S/C23H15F3N6O2/c1-3-11(2)32-19-14(9-27)15(25)6-7-17(19)31-10-28-18(20(31)23(32)33)21-29-22(34-30-21)13-5-4-12(24)8-16(13)26/h4-8,10-11H,3H2,1-2H3. The van der Waals surface area contributed by atoms with Crippen LogP contribution in [0.5, 0.6) is 0 Å².